The van der Waals surface area contributed by atoms with Crippen molar-refractivity contribution in [2.45, 2.75) is 12.5 Å². The summed E-state index contributed by atoms with van der Waals surface area (Å²) in [6.07, 6.45) is 0.527. The van der Waals surface area contributed by atoms with Crippen LogP contribution in [0.3, 0.4) is 0 Å². The molecule has 2 amide bonds. The minimum absolute atomic E-state index is 0.0105. The molecule has 1 N–H and O–H groups in total. The van der Waals surface area contributed by atoms with E-state index >= 15 is 0 Å². The summed E-state index contributed by atoms with van der Waals surface area (Å²) in [5.74, 6) is -1.12. The molecule has 3 rings (SSSR count). The average molecular weight is 328 g/mol. The first kappa shape index (κ1) is 16.0. The van der Waals surface area contributed by atoms with Crippen molar-refractivity contribution >= 4 is 17.5 Å². The normalized spacial score (nSPS) is 17.0. The average Bonchev–Trinajstić information content (AvgIpc) is 2.96. The van der Waals surface area contributed by atoms with Crippen molar-refractivity contribution in [3.05, 3.63) is 60.4 Å². The van der Waals surface area contributed by atoms with Crippen molar-refractivity contribution in [3.8, 4) is 5.75 Å². The lowest BCUT2D eigenvalue weighted by molar-refractivity contribution is -0.127. The van der Waals surface area contributed by atoms with E-state index < -0.39 is 17.8 Å². The Balaban J connectivity index is 1.54. The van der Waals surface area contributed by atoms with Gasteiger partial charge in [0.05, 0.1) is 0 Å². The SMILES string of the molecule is O=C(COc1ccccc1F)N[C@@H]1CCN(c2ccccc2)C1=O. The fourth-order valence-corrected chi connectivity index (χ4v) is 2.62. The maximum atomic E-state index is 13.4. The van der Waals surface area contributed by atoms with Crippen molar-refractivity contribution in [1.29, 1.82) is 0 Å². The van der Waals surface area contributed by atoms with E-state index in [0.717, 1.165) is 5.69 Å². The molecule has 2 aromatic carbocycles. The minimum atomic E-state index is -0.582. The van der Waals surface area contributed by atoms with Crippen molar-refractivity contribution in [2.75, 3.05) is 18.1 Å². The molecule has 24 heavy (non-hydrogen) atoms. The Morgan fingerprint density at radius 1 is 1.17 bits per heavy atom. The van der Waals surface area contributed by atoms with Crippen LogP contribution >= 0.6 is 0 Å². The highest BCUT2D eigenvalue weighted by Crippen LogP contribution is 2.21. The highest BCUT2D eigenvalue weighted by atomic mass is 19.1. The van der Waals surface area contributed by atoms with Crippen LogP contribution in [-0.2, 0) is 9.59 Å². The number of hydrogen-bond donors (Lipinski definition) is 1. The number of rotatable bonds is 5. The second kappa shape index (κ2) is 7.12. The number of carbonyl (C=O) groups is 2. The fraction of sp³-hybridized carbons (Fsp3) is 0.222. The van der Waals surface area contributed by atoms with Gasteiger partial charge in [0, 0.05) is 12.2 Å². The Morgan fingerprint density at radius 3 is 2.62 bits per heavy atom. The van der Waals surface area contributed by atoms with Gasteiger partial charge in [-0.1, -0.05) is 30.3 Å². The maximum absolute atomic E-state index is 13.4. The molecular formula is C18H17FN2O3. The third kappa shape index (κ3) is 3.53. The van der Waals surface area contributed by atoms with E-state index in [1.807, 2.05) is 30.3 Å². The molecule has 1 heterocycles. The molecule has 0 aromatic heterocycles. The predicted molar refractivity (Wildman–Crippen MR) is 87.2 cm³/mol. The number of amides is 2. The summed E-state index contributed by atoms with van der Waals surface area (Å²) in [5, 5.41) is 2.64. The number of nitrogens with zero attached hydrogens (tertiary/aromatic N) is 1. The van der Waals surface area contributed by atoms with Crippen molar-refractivity contribution < 1.29 is 18.7 Å². The van der Waals surface area contributed by atoms with Gasteiger partial charge in [-0.15, -0.1) is 0 Å². The Hall–Kier alpha value is -2.89. The molecule has 6 heteroatoms. The van der Waals surface area contributed by atoms with Crippen LogP contribution < -0.4 is 15.0 Å². The number of nitrogens with one attached hydrogen (secondary N) is 1. The molecule has 124 valence electrons. The molecule has 5 nitrogen and oxygen atoms in total. The summed E-state index contributed by atoms with van der Waals surface area (Å²) in [6, 6.07) is 14.6. The van der Waals surface area contributed by atoms with E-state index in [0.29, 0.717) is 13.0 Å². The highest BCUT2D eigenvalue weighted by molar-refractivity contribution is 6.01. The zero-order valence-electron chi connectivity index (χ0n) is 12.9. The molecule has 1 atom stereocenters. The van der Waals surface area contributed by atoms with Gasteiger partial charge < -0.3 is 15.0 Å². The molecule has 0 bridgehead atoms. The summed E-state index contributed by atoms with van der Waals surface area (Å²) < 4.78 is 18.6. The lowest BCUT2D eigenvalue weighted by Crippen LogP contribution is -2.43. The number of benzene rings is 2. The zero-order chi connectivity index (χ0) is 16.9. The standard InChI is InChI=1S/C18H17FN2O3/c19-14-8-4-5-9-16(14)24-12-17(22)20-15-10-11-21(18(15)23)13-6-2-1-3-7-13/h1-9,15H,10-12H2,(H,20,22)/t15-/m1/s1. The molecular weight excluding hydrogens is 311 g/mol. The van der Waals surface area contributed by atoms with Crippen LogP contribution in [0, 0.1) is 5.82 Å². The van der Waals surface area contributed by atoms with Crippen LogP contribution in [0.2, 0.25) is 0 Å². The molecule has 0 saturated carbocycles. The van der Waals surface area contributed by atoms with Crippen LogP contribution in [0.1, 0.15) is 6.42 Å². The first-order valence-electron chi connectivity index (χ1n) is 7.68. The summed E-state index contributed by atoms with van der Waals surface area (Å²) in [5.41, 5.74) is 0.807. The van der Waals surface area contributed by atoms with Gasteiger partial charge in [-0.2, -0.15) is 0 Å². The Kier molecular flexibility index (Phi) is 4.74. The van der Waals surface area contributed by atoms with E-state index in [2.05, 4.69) is 5.32 Å². The Morgan fingerprint density at radius 2 is 1.88 bits per heavy atom. The van der Waals surface area contributed by atoms with Crippen LogP contribution in [0.5, 0.6) is 5.75 Å². The maximum Gasteiger partial charge on any atom is 0.258 e. The van der Waals surface area contributed by atoms with Gasteiger partial charge in [-0.05, 0) is 30.7 Å². The fourth-order valence-electron chi connectivity index (χ4n) is 2.62. The molecule has 1 aliphatic rings. The molecule has 1 fully saturated rings. The Labute approximate surface area is 139 Å². The van der Waals surface area contributed by atoms with Gasteiger partial charge in [-0.25, -0.2) is 4.39 Å². The number of carbonyl (C=O) groups excluding carboxylic acids is 2. The van der Waals surface area contributed by atoms with Crippen molar-refractivity contribution in [2.24, 2.45) is 0 Å². The molecule has 1 aliphatic heterocycles. The van der Waals surface area contributed by atoms with Crippen molar-refractivity contribution in [1.82, 2.24) is 5.32 Å². The van der Waals surface area contributed by atoms with E-state index in [1.165, 1.54) is 18.2 Å². The van der Waals surface area contributed by atoms with Gasteiger partial charge in [0.1, 0.15) is 6.04 Å². The highest BCUT2D eigenvalue weighted by Gasteiger charge is 2.33. The first-order valence-corrected chi connectivity index (χ1v) is 7.68. The van der Waals surface area contributed by atoms with Crippen LogP contribution in [0.4, 0.5) is 10.1 Å². The van der Waals surface area contributed by atoms with Gasteiger partial charge in [0.15, 0.2) is 18.2 Å². The lowest BCUT2D eigenvalue weighted by atomic mass is 10.2. The lowest BCUT2D eigenvalue weighted by Gasteiger charge is -2.17. The van der Waals surface area contributed by atoms with Gasteiger partial charge >= 0.3 is 0 Å². The van der Waals surface area contributed by atoms with Crippen LogP contribution in [0.15, 0.2) is 54.6 Å². The third-order valence-corrected chi connectivity index (χ3v) is 3.80. The van der Waals surface area contributed by atoms with Crippen LogP contribution in [0.25, 0.3) is 0 Å². The van der Waals surface area contributed by atoms with Gasteiger partial charge in [0.2, 0.25) is 5.91 Å². The van der Waals surface area contributed by atoms with Gasteiger partial charge in [-0.3, -0.25) is 9.59 Å². The second-order valence-electron chi connectivity index (χ2n) is 5.45. The molecule has 0 radical (unpaired) electrons. The largest absolute Gasteiger partial charge is 0.481 e. The quantitative estimate of drug-likeness (QED) is 0.915. The van der Waals surface area contributed by atoms with E-state index in [9.17, 15) is 14.0 Å². The van der Waals surface area contributed by atoms with Crippen LogP contribution in [-0.4, -0.2) is 31.0 Å². The summed E-state index contributed by atoms with van der Waals surface area (Å²) >= 11 is 0. The molecule has 1 saturated heterocycles. The predicted octanol–water partition coefficient (Wildman–Crippen LogP) is 2.13. The monoisotopic (exact) mass is 328 g/mol. The number of halogens is 1. The number of para-hydroxylation sites is 2. The van der Waals surface area contributed by atoms with Gasteiger partial charge in [0.25, 0.3) is 5.91 Å². The zero-order valence-corrected chi connectivity index (χ0v) is 12.9. The topological polar surface area (TPSA) is 58.6 Å². The molecule has 2 aromatic rings. The number of hydrogen-bond acceptors (Lipinski definition) is 3. The van der Waals surface area contributed by atoms with E-state index in [4.69, 9.17) is 4.74 Å². The third-order valence-electron chi connectivity index (χ3n) is 3.80. The summed E-state index contributed by atoms with van der Waals surface area (Å²) in [7, 11) is 0. The molecule has 0 spiro atoms. The van der Waals surface area contributed by atoms with E-state index in [-0.39, 0.29) is 18.3 Å². The smallest absolute Gasteiger partial charge is 0.258 e. The number of ether oxygens (including phenoxy) is 1. The molecule has 0 unspecified atom stereocenters. The Bertz CT molecular complexity index is 736. The minimum Gasteiger partial charge on any atom is -0.481 e. The summed E-state index contributed by atoms with van der Waals surface area (Å²) in [4.78, 5) is 26.0. The first-order chi connectivity index (χ1) is 11.6. The summed E-state index contributed by atoms with van der Waals surface area (Å²) in [6.45, 7) is 0.206. The van der Waals surface area contributed by atoms with E-state index in [1.54, 1.807) is 11.0 Å². The van der Waals surface area contributed by atoms with Crippen molar-refractivity contribution in [3.63, 3.8) is 0 Å². The molecule has 0 aliphatic carbocycles. The second-order valence-corrected chi connectivity index (χ2v) is 5.45. The number of anilines is 1.